The summed E-state index contributed by atoms with van der Waals surface area (Å²) in [7, 11) is -3.43. The van der Waals surface area contributed by atoms with Gasteiger partial charge in [-0.2, -0.15) is 11.8 Å². The third-order valence-electron chi connectivity index (χ3n) is 1.58. The van der Waals surface area contributed by atoms with Crippen LogP contribution in [-0.4, -0.2) is 43.3 Å². The summed E-state index contributed by atoms with van der Waals surface area (Å²) in [5.41, 5.74) is 0. The van der Waals surface area contributed by atoms with Gasteiger partial charge in [0.15, 0.2) is 0 Å². The molecule has 0 aliphatic heterocycles. The fraction of sp³-hybridized carbons (Fsp3) is 0.857. The van der Waals surface area contributed by atoms with Gasteiger partial charge in [-0.05, 0) is 6.26 Å². The van der Waals surface area contributed by atoms with Crippen molar-refractivity contribution in [3.8, 4) is 0 Å². The summed E-state index contributed by atoms with van der Waals surface area (Å²) in [5.74, 6) is -1.46. The highest BCUT2D eigenvalue weighted by Gasteiger charge is 2.13. The van der Waals surface area contributed by atoms with Crippen LogP contribution in [0.5, 0.6) is 0 Å². The summed E-state index contributed by atoms with van der Waals surface area (Å²) < 4.78 is 24.7. The molecule has 0 radical (unpaired) electrons. The first kappa shape index (κ1) is 13.7. The van der Waals surface area contributed by atoms with Gasteiger partial charge in [0.1, 0.15) is 0 Å². The number of hydrogen-bond acceptors (Lipinski definition) is 4. The normalized spacial score (nSPS) is 13.9. The zero-order valence-electron chi connectivity index (χ0n) is 8.19. The second-order valence-corrected chi connectivity index (χ2v) is 6.06. The molecule has 0 bridgehead atoms. The summed E-state index contributed by atoms with van der Waals surface area (Å²) in [6, 6.07) is 0. The maximum Gasteiger partial charge on any atom is 0.304 e. The van der Waals surface area contributed by atoms with Crippen LogP contribution >= 0.6 is 11.8 Å². The Bertz CT molecular complexity index is 275. The first-order valence-corrected chi connectivity index (χ1v) is 7.03. The van der Waals surface area contributed by atoms with Gasteiger partial charge in [0, 0.05) is 11.8 Å². The van der Waals surface area contributed by atoms with E-state index in [0.717, 1.165) is 0 Å². The maximum atomic E-state index is 11.2. The lowest BCUT2D eigenvalue weighted by Gasteiger charge is -2.09. The van der Waals surface area contributed by atoms with Crippen LogP contribution in [0, 0.1) is 0 Å². The van der Waals surface area contributed by atoms with Crippen molar-refractivity contribution in [3.63, 3.8) is 0 Å². The molecule has 0 saturated carbocycles. The van der Waals surface area contributed by atoms with Gasteiger partial charge in [0.25, 0.3) is 0 Å². The van der Waals surface area contributed by atoms with Crippen LogP contribution in [0.4, 0.5) is 0 Å². The molecule has 0 saturated heterocycles. The number of aliphatic carboxylic acids is 1. The van der Waals surface area contributed by atoms with Crippen LogP contribution in [0.15, 0.2) is 0 Å². The number of carboxylic acids is 1. The van der Waals surface area contributed by atoms with E-state index < -0.39 is 16.0 Å². The minimum Gasteiger partial charge on any atom is -0.481 e. The van der Waals surface area contributed by atoms with Crippen molar-refractivity contribution in [2.24, 2.45) is 0 Å². The molecular formula is C7H15NO4S2. The third kappa shape index (κ3) is 7.16. The molecule has 7 heteroatoms. The van der Waals surface area contributed by atoms with Crippen molar-refractivity contribution in [2.75, 3.05) is 18.6 Å². The van der Waals surface area contributed by atoms with Crippen molar-refractivity contribution in [1.29, 1.82) is 0 Å². The van der Waals surface area contributed by atoms with E-state index in [2.05, 4.69) is 4.72 Å². The van der Waals surface area contributed by atoms with Gasteiger partial charge >= 0.3 is 5.97 Å². The highest BCUT2D eigenvalue weighted by atomic mass is 32.2. The zero-order valence-corrected chi connectivity index (χ0v) is 9.82. The van der Waals surface area contributed by atoms with E-state index in [1.54, 1.807) is 11.8 Å². The maximum absolute atomic E-state index is 11.2. The first-order valence-electron chi connectivity index (χ1n) is 4.09. The molecule has 1 unspecified atom stereocenters. The molecule has 2 N–H and O–H groups in total. The second kappa shape index (κ2) is 6.26. The van der Waals surface area contributed by atoms with E-state index in [9.17, 15) is 13.2 Å². The van der Waals surface area contributed by atoms with Crippen LogP contribution in [0.3, 0.4) is 0 Å². The number of carboxylic acid groups (broad SMARTS) is 1. The molecule has 14 heavy (non-hydrogen) atoms. The molecule has 0 aromatic rings. The molecule has 0 rings (SSSR count). The van der Waals surface area contributed by atoms with Crippen molar-refractivity contribution < 1.29 is 18.3 Å². The van der Waals surface area contributed by atoms with Crippen LogP contribution in [0.2, 0.25) is 0 Å². The summed E-state index contributed by atoms with van der Waals surface area (Å²) in [6.45, 7) is 2.23. The summed E-state index contributed by atoms with van der Waals surface area (Å²) in [6.07, 6.45) is 1.53. The van der Waals surface area contributed by atoms with Crippen LogP contribution in [-0.2, 0) is 14.8 Å². The Hall–Kier alpha value is -0.270. The van der Waals surface area contributed by atoms with E-state index in [4.69, 9.17) is 5.11 Å². The average molecular weight is 241 g/mol. The number of thioether (sulfide) groups is 1. The van der Waals surface area contributed by atoms with Crippen LogP contribution < -0.4 is 4.72 Å². The van der Waals surface area contributed by atoms with Gasteiger partial charge < -0.3 is 5.11 Å². The number of nitrogens with one attached hydrogen (secondary N) is 1. The Kier molecular flexibility index (Phi) is 6.14. The van der Waals surface area contributed by atoms with Gasteiger partial charge in [-0.25, -0.2) is 13.1 Å². The minimum atomic E-state index is -3.43. The quantitative estimate of drug-likeness (QED) is 0.662. The van der Waals surface area contributed by atoms with Crippen molar-refractivity contribution >= 4 is 27.8 Å². The number of carbonyl (C=O) groups is 1. The first-order chi connectivity index (χ1) is 6.37. The lowest BCUT2D eigenvalue weighted by atomic mass is 10.5. The average Bonchev–Trinajstić information content (AvgIpc) is 2.11. The molecule has 0 fully saturated rings. The zero-order chi connectivity index (χ0) is 11.2. The monoisotopic (exact) mass is 241 g/mol. The lowest BCUT2D eigenvalue weighted by molar-refractivity contribution is -0.136. The standard InChI is InChI=1S/C7H15NO4S2/c1-6(13-2)5-8-14(11,12)4-3-7(9)10/h6,8H,3-5H2,1-2H3,(H,9,10). The fourth-order valence-electron chi connectivity index (χ4n) is 0.621. The molecule has 0 amide bonds. The summed E-state index contributed by atoms with van der Waals surface area (Å²) >= 11 is 1.55. The Morgan fingerprint density at radius 2 is 2.14 bits per heavy atom. The van der Waals surface area contributed by atoms with E-state index in [1.807, 2.05) is 13.2 Å². The third-order valence-corrected chi connectivity index (χ3v) is 3.90. The van der Waals surface area contributed by atoms with Crippen LogP contribution in [0.1, 0.15) is 13.3 Å². The van der Waals surface area contributed by atoms with Gasteiger partial charge in [-0.15, -0.1) is 0 Å². The molecule has 0 aliphatic carbocycles. The SMILES string of the molecule is CSC(C)CNS(=O)(=O)CCC(=O)O. The van der Waals surface area contributed by atoms with Crippen molar-refractivity contribution in [2.45, 2.75) is 18.6 Å². The predicted molar refractivity (Wildman–Crippen MR) is 57.0 cm³/mol. The number of hydrogen-bond donors (Lipinski definition) is 2. The second-order valence-electron chi connectivity index (χ2n) is 2.86. The Balaban J connectivity index is 3.90. The highest BCUT2D eigenvalue weighted by molar-refractivity contribution is 7.99. The van der Waals surface area contributed by atoms with E-state index in [0.29, 0.717) is 6.54 Å². The van der Waals surface area contributed by atoms with Crippen molar-refractivity contribution in [3.05, 3.63) is 0 Å². The topological polar surface area (TPSA) is 83.5 Å². The Labute approximate surface area is 88.3 Å². The smallest absolute Gasteiger partial charge is 0.304 e. The summed E-state index contributed by atoms with van der Waals surface area (Å²) in [4.78, 5) is 10.1. The number of sulfonamides is 1. The lowest BCUT2D eigenvalue weighted by Crippen LogP contribution is -2.32. The molecule has 0 spiro atoms. The van der Waals surface area contributed by atoms with E-state index >= 15 is 0 Å². The van der Waals surface area contributed by atoms with Gasteiger partial charge in [-0.1, -0.05) is 6.92 Å². The van der Waals surface area contributed by atoms with Gasteiger partial charge in [0.05, 0.1) is 12.2 Å². The van der Waals surface area contributed by atoms with E-state index in [-0.39, 0.29) is 17.4 Å². The van der Waals surface area contributed by atoms with Gasteiger partial charge in [0.2, 0.25) is 10.0 Å². The Morgan fingerprint density at radius 1 is 1.57 bits per heavy atom. The molecule has 1 atom stereocenters. The molecular weight excluding hydrogens is 226 g/mol. The van der Waals surface area contributed by atoms with Gasteiger partial charge in [-0.3, -0.25) is 4.79 Å². The molecule has 0 aromatic carbocycles. The molecule has 5 nitrogen and oxygen atoms in total. The molecule has 0 aromatic heterocycles. The molecule has 0 heterocycles. The minimum absolute atomic E-state index is 0.189. The van der Waals surface area contributed by atoms with Crippen LogP contribution in [0.25, 0.3) is 0 Å². The molecule has 0 aliphatic rings. The molecule has 84 valence electrons. The predicted octanol–water partition coefficient (Wildman–Crippen LogP) is 0.132. The fourth-order valence-corrected chi connectivity index (χ4v) is 2.07. The van der Waals surface area contributed by atoms with Crippen molar-refractivity contribution in [1.82, 2.24) is 4.72 Å². The highest BCUT2D eigenvalue weighted by Crippen LogP contribution is 2.03. The Morgan fingerprint density at radius 3 is 2.57 bits per heavy atom. The number of rotatable bonds is 7. The summed E-state index contributed by atoms with van der Waals surface area (Å²) in [5, 5.41) is 8.49. The largest absolute Gasteiger partial charge is 0.481 e. The van der Waals surface area contributed by atoms with E-state index in [1.165, 1.54) is 0 Å².